The van der Waals surface area contributed by atoms with Crippen molar-refractivity contribution >= 4 is 46.4 Å². The molecule has 52 heteroatoms. The number of carbonyl (C=O) groups is 6. The minimum absolute atomic E-state index is 0.0167. The first-order valence-electron chi connectivity index (χ1n) is 45.2. The van der Waals surface area contributed by atoms with E-state index in [4.69, 9.17) is 118 Å². The molecular formula is C82H138N14O37S. The van der Waals surface area contributed by atoms with Gasteiger partial charge in [0.05, 0.1) is 296 Å². The highest BCUT2D eigenvalue weighted by molar-refractivity contribution is 8.13. The first-order valence-corrected chi connectivity index (χ1v) is 46.2. The second kappa shape index (κ2) is 61.9. The fourth-order valence-electron chi connectivity index (χ4n) is 14.5. The molecule has 0 saturated carbocycles. The van der Waals surface area contributed by atoms with Crippen LogP contribution in [0, 0.1) is 0 Å². The molecule has 6 bridgehead atoms. The summed E-state index contributed by atoms with van der Waals surface area (Å²) in [7, 11) is 0. The maximum Gasteiger partial charge on any atom is 0.224 e. The van der Waals surface area contributed by atoms with Crippen LogP contribution in [0.5, 0.6) is 0 Å². The molecule has 6 aliphatic rings. The van der Waals surface area contributed by atoms with Crippen LogP contribution >= 0.6 is 11.8 Å². The highest BCUT2D eigenvalue weighted by Gasteiger charge is 2.63. The van der Waals surface area contributed by atoms with Gasteiger partial charge in [-0.2, -0.15) is 0 Å². The summed E-state index contributed by atoms with van der Waals surface area (Å²) in [5.41, 5.74) is -2.48. The van der Waals surface area contributed by atoms with Crippen LogP contribution in [-0.2, 0) is 187 Å². The van der Waals surface area contributed by atoms with Crippen molar-refractivity contribution in [2.24, 2.45) is 0 Å². The fourth-order valence-corrected chi connectivity index (χ4v) is 15.0. The number of nitrogens with one attached hydrogen (secondary N) is 5. The molecule has 1 unspecified atom stereocenters. The highest BCUT2D eigenvalue weighted by Crippen LogP contribution is 2.40. The first kappa shape index (κ1) is 111. The van der Waals surface area contributed by atoms with Gasteiger partial charge < -0.3 is 176 Å². The Balaban J connectivity index is 0.705. The monoisotopic (exact) mass is 1940 g/mol. The predicted molar refractivity (Wildman–Crippen MR) is 457 cm³/mol. The van der Waals surface area contributed by atoms with Crippen LogP contribution in [0.15, 0.2) is 18.6 Å². The summed E-state index contributed by atoms with van der Waals surface area (Å²) in [5.74, 6) is -2.71. The van der Waals surface area contributed by atoms with Crippen molar-refractivity contribution in [2.45, 2.75) is 195 Å². The number of nitrogens with zero attached hydrogens (tertiary/aromatic N) is 9. The van der Waals surface area contributed by atoms with Crippen LogP contribution in [0.3, 0.4) is 0 Å². The zero-order valence-corrected chi connectivity index (χ0v) is 77.6. The van der Waals surface area contributed by atoms with Gasteiger partial charge in [-0.05, 0) is 12.8 Å². The number of aliphatic hydroxyl groups excluding tert-OH is 6. The molecule has 0 aliphatic carbocycles. The maximum atomic E-state index is 14.3. The Morgan fingerprint density at radius 3 is 1.13 bits per heavy atom. The lowest BCUT2D eigenvalue weighted by molar-refractivity contribution is -0.320. The van der Waals surface area contributed by atoms with E-state index in [1.54, 1.807) is 32.6 Å². The molecule has 5 amide bonds. The number of rotatable bonds is 78. The highest BCUT2D eigenvalue weighted by atomic mass is 32.2. The van der Waals surface area contributed by atoms with Crippen molar-refractivity contribution in [1.29, 1.82) is 0 Å². The molecule has 764 valence electrons. The summed E-state index contributed by atoms with van der Waals surface area (Å²) in [6, 6.07) is -2.79. The summed E-state index contributed by atoms with van der Waals surface area (Å²) < 4.78 is 149. The Labute approximate surface area is 780 Å². The molecule has 134 heavy (non-hydrogen) atoms. The molecule has 0 spiro atoms. The van der Waals surface area contributed by atoms with Gasteiger partial charge in [0.2, 0.25) is 35.3 Å². The summed E-state index contributed by atoms with van der Waals surface area (Å²) in [6.45, 7) is 14.0. The largest absolute Gasteiger partial charge is 0.388 e. The van der Waals surface area contributed by atoms with E-state index in [9.17, 15) is 59.4 Å². The van der Waals surface area contributed by atoms with Gasteiger partial charge in [-0.3, -0.25) is 28.8 Å². The third kappa shape index (κ3) is 39.3. The van der Waals surface area contributed by atoms with Gasteiger partial charge in [-0.25, -0.2) is 14.0 Å². The fraction of sp³-hybridized carbons (Fsp3) is 0.854. The normalized spacial score (nSPS) is 25.1. The molecule has 16 atom stereocenters. The van der Waals surface area contributed by atoms with Crippen molar-refractivity contribution in [3.63, 3.8) is 0 Å². The smallest absolute Gasteiger partial charge is 0.224 e. The number of ether oxygens (including phenoxy) is 25. The third-order valence-electron chi connectivity index (χ3n) is 21.3. The lowest BCUT2D eigenvalue weighted by Gasteiger charge is -2.42. The minimum atomic E-state index is -1.60. The molecule has 0 radical (unpaired) electrons. The molecule has 6 fully saturated rings. The SMILES string of the molecule is CC(=O)N[C@H]1[C@@H]2OC[C@](COCCOCCOCCOCCn3cc(COCC(COCc4cn(CCOCCOCCOCCOC[C@@]56CO[C@@H](O5)[C@H](NC(C)=O)[C@@H](O)[C@H]6O)nn4)(COCc4cn(CCOCCOCCOCCO[C@@]56CO[C@@H](O5)[C@H](NC(C)=O)[C@@H](O)[C@H]6O)nn4)NC(=O)CCCCCNC(=O)CCOCCOCCOCCOCCSC(C)=O)nn3)(O2)[C@H](O)[C@@H]1O. The number of aromatic nitrogens is 9. The number of hydrogen-bond acceptors (Lipinski definition) is 44. The van der Waals surface area contributed by atoms with E-state index in [0.29, 0.717) is 128 Å². The second-order valence-electron chi connectivity index (χ2n) is 32.2. The number of fused-ring (bicyclic) bond motifs is 6. The Morgan fingerprint density at radius 2 is 0.739 bits per heavy atom. The first-order chi connectivity index (χ1) is 65.0. The van der Waals surface area contributed by atoms with Gasteiger partial charge in [0, 0.05) is 52.8 Å². The van der Waals surface area contributed by atoms with E-state index in [-0.39, 0.29) is 235 Å². The predicted octanol–water partition coefficient (Wildman–Crippen LogP) is -6.11. The molecule has 6 saturated heterocycles. The number of hydrogen-bond donors (Lipinski definition) is 11. The molecule has 9 heterocycles. The molecule has 3 aromatic rings. The van der Waals surface area contributed by atoms with Crippen molar-refractivity contribution in [3.8, 4) is 0 Å². The molecular weight excluding hydrogens is 1810 g/mol. The van der Waals surface area contributed by atoms with Crippen LogP contribution < -0.4 is 26.6 Å². The van der Waals surface area contributed by atoms with Crippen LogP contribution in [0.1, 0.15) is 76.9 Å². The average Bonchev–Trinajstić information content (AvgIpc) is 1.61. The number of aliphatic hydroxyl groups is 6. The standard InChI is InChI=1S/C82H138N14O37S/c1-58(97)84-67-70(103)73(106)80(55-127-76(67)131-80)53-122-38-36-118-30-28-114-23-19-110-15-11-94-44-62(88-91-94)47-124-50-79(87-66(102)8-6-5-7-10-83-65(101)9-14-109-18-22-113-26-27-117-34-35-121-42-43-134-61(4)100,52-126-49-64-46-96(93-90-64)13-17-112-21-25-116-32-33-120-40-41-130-82-57-129-78(133-82)69(86-60(3)99)72(105)75(82)108)51-125-48-63-45-95(92-89-63)12-16-111-20-24-115-29-31-119-37-39-123-54-81-56-128-77(132-81)68(85-59(2)98)71(104)74(81)107/h44-46,67-78,103-108H,5-43,47-57H2,1-4H3,(H,83,101)(H,84,97)(H,85,98)(H,86,99)(H,87,102)/t67-,68-,69-,70-,71-,72-,73-,74-,75-,76-,77+,78+,79?,80+,81+,82+/m1/s1. The van der Waals surface area contributed by atoms with Crippen molar-refractivity contribution < 1.29 is 178 Å². The van der Waals surface area contributed by atoms with Gasteiger partial charge in [-0.15, -0.1) is 15.3 Å². The second-order valence-corrected chi connectivity index (χ2v) is 33.5. The summed E-state index contributed by atoms with van der Waals surface area (Å²) >= 11 is 1.22. The van der Waals surface area contributed by atoms with Gasteiger partial charge in [0.25, 0.3) is 0 Å². The Kier molecular flexibility index (Phi) is 51.3. The third-order valence-corrected chi connectivity index (χ3v) is 22.0. The van der Waals surface area contributed by atoms with E-state index in [0.717, 1.165) is 0 Å². The Morgan fingerprint density at radius 1 is 0.396 bits per heavy atom. The van der Waals surface area contributed by atoms with Crippen molar-refractivity contribution in [3.05, 3.63) is 35.7 Å². The Bertz CT molecular complexity index is 3670. The molecule has 3 aromatic heterocycles. The van der Waals surface area contributed by atoms with Crippen LogP contribution in [0.25, 0.3) is 0 Å². The van der Waals surface area contributed by atoms with Crippen molar-refractivity contribution in [1.82, 2.24) is 71.6 Å². The van der Waals surface area contributed by atoms with Crippen molar-refractivity contribution in [2.75, 3.05) is 257 Å². The van der Waals surface area contributed by atoms with Gasteiger partial charge in [0.1, 0.15) is 95.2 Å². The quantitative estimate of drug-likeness (QED) is 0.0234. The summed E-state index contributed by atoms with van der Waals surface area (Å²) in [6.07, 6.45) is -3.93. The van der Waals surface area contributed by atoms with Crippen LogP contribution in [-0.4, -0.2) is 463 Å². The van der Waals surface area contributed by atoms with E-state index in [1.165, 1.54) is 39.5 Å². The lowest BCUT2D eigenvalue weighted by Crippen LogP contribution is -2.66. The summed E-state index contributed by atoms with van der Waals surface area (Å²) in [5, 5.41) is 104. The van der Waals surface area contributed by atoms with E-state index in [1.807, 2.05) is 0 Å². The lowest BCUT2D eigenvalue weighted by atomic mass is 9.88. The zero-order chi connectivity index (χ0) is 95.5. The molecule has 11 N–H and O–H groups in total. The molecule has 51 nitrogen and oxygen atoms in total. The number of unbranched alkanes of at least 4 members (excludes halogenated alkanes) is 2. The number of carbonyl (C=O) groups excluding carboxylic acids is 6. The molecule has 0 aromatic carbocycles. The minimum Gasteiger partial charge on any atom is -0.388 e. The zero-order valence-electron chi connectivity index (χ0n) is 76.8. The van der Waals surface area contributed by atoms with Crippen LogP contribution in [0.2, 0.25) is 0 Å². The number of amides is 5. The van der Waals surface area contributed by atoms with Gasteiger partial charge >= 0.3 is 0 Å². The average molecular weight is 1940 g/mol. The molecule has 6 aliphatic heterocycles. The Hall–Kier alpha value is -6.45. The van der Waals surface area contributed by atoms with Gasteiger partial charge in [-0.1, -0.05) is 33.8 Å². The molecule has 9 rings (SSSR count). The number of thioether (sulfide) groups is 1. The maximum absolute atomic E-state index is 14.3. The van der Waals surface area contributed by atoms with E-state index >= 15 is 0 Å². The summed E-state index contributed by atoms with van der Waals surface area (Å²) in [4.78, 5) is 72.8. The van der Waals surface area contributed by atoms with E-state index < -0.39 is 114 Å². The van der Waals surface area contributed by atoms with Crippen LogP contribution in [0.4, 0.5) is 0 Å². The topological polar surface area (TPSA) is 607 Å². The van der Waals surface area contributed by atoms with E-state index in [2.05, 4.69) is 57.5 Å². The van der Waals surface area contributed by atoms with Gasteiger partial charge in [0.15, 0.2) is 24.0 Å².